The number of hydrogen-bond donors (Lipinski definition) is 2. The van der Waals surface area contributed by atoms with Crippen molar-refractivity contribution >= 4 is 35.3 Å². The van der Waals surface area contributed by atoms with Crippen LogP contribution in [0.15, 0.2) is 41.5 Å². The summed E-state index contributed by atoms with van der Waals surface area (Å²) >= 11 is 11.8. The van der Waals surface area contributed by atoms with Crippen molar-refractivity contribution in [3.05, 3.63) is 57.6 Å². The molecule has 7 heteroatoms. The van der Waals surface area contributed by atoms with E-state index in [1.807, 2.05) is 0 Å². The van der Waals surface area contributed by atoms with Gasteiger partial charge in [0.15, 0.2) is 0 Å². The molecule has 0 aromatic heterocycles. The van der Waals surface area contributed by atoms with Crippen molar-refractivity contribution in [2.75, 3.05) is 7.11 Å². The number of ether oxygens (including phenoxy) is 1. The van der Waals surface area contributed by atoms with Gasteiger partial charge >= 0.3 is 0 Å². The molecule has 0 aliphatic carbocycles. The van der Waals surface area contributed by atoms with Gasteiger partial charge in [-0.1, -0.05) is 23.2 Å². The van der Waals surface area contributed by atoms with Crippen molar-refractivity contribution in [2.24, 2.45) is 5.10 Å². The highest BCUT2D eigenvalue weighted by Crippen LogP contribution is 2.23. The topological polar surface area (TPSA) is 70.9 Å². The number of halogens is 2. The van der Waals surface area contributed by atoms with Crippen molar-refractivity contribution in [3.8, 4) is 11.5 Å². The fourth-order valence-corrected chi connectivity index (χ4v) is 2.18. The van der Waals surface area contributed by atoms with Crippen LogP contribution in [0.2, 0.25) is 10.0 Å². The van der Waals surface area contributed by atoms with Gasteiger partial charge in [0.05, 0.1) is 24.8 Å². The summed E-state index contributed by atoms with van der Waals surface area (Å²) in [5, 5.41) is 13.9. The van der Waals surface area contributed by atoms with Crippen LogP contribution in [0, 0.1) is 0 Å². The average Bonchev–Trinajstić information content (AvgIpc) is 2.53. The first-order valence-corrected chi connectivity index (χ1v) is 7.38. The summed E-state index contributed by atoms with van der Waals surface area (Å²) in [7, 11) is 1.54. The zero-order valence-electron chi connectivity index (χ0n) is 12.2. The molecular formula is C16H14Cl2N2O3. The fraction of sp³-hybridized carbons (Fsp3) is 0.125. The van der Waals surface area contributed by atoms with Crippen molar-refractivity contribution < 1.29 is 14.6 Å². The molecule has 0 spiro atoms. The molecule has 23 heavy (non-hydrogen) atoms. The summed E-state index contributed by atoms with van der Waals surface area (Å²) in [5.41, 5.74) is 3.69. The second kappa shape index (κ2) is 7.85. The summed E-state index contributed by atoms with van der Waals surface area (Å²) in [6.45, 7) is 0. The second-order valence-corrected chi connectivity index (χ2v) is 5.45. The standard InChI is InChI=1S/C16H14Cl2N2O3/c1-23-12-3-4-13(17)11(7-12)8-16(22)20-19-9-10-2-5-15(21)14(18)6-10/h2-7,9,21H,8H2,1H3,(H,20,22)/b19-9+. The first-order chi connectivity index (χ1) is 11.0. The van der Waals surface area contributed by atoms with Gasteiger partial charge in [-0.05, 0) is 47.5 Å². The molecule has 0 saturated carbocycles. The van der Waals surface area contributed by atoms with E-state index in [0.717, 1.165) is 0 Å². The molecule has 0 heterocycles. The van der Waals surface area contributed by atoms with E-state index in [-0.39, 0.29) is 23.1 Å². The zero-order valence-corrected chi connectivity index (χ0v) is 13.7. The molecular weight excluding hydrogens is 339 g/mol. The molecule has 5 nitrogen and oxygen atoms in total. The van der Waals surface area contributed by atoms with E-state index in [4.69, 9.17) is 27.9 Å². The van der Waals surface area contributed by atoms with E-state index >= 15 is 0 Å². The van der Waals surface area contributed by atoms with Gasteiger partial charge in [-0.2, -0.15) is 5.10 Å². The zero-order chi connectivity index (χ0) is 16.8. The second-order valence-electron chi connectivity index (χ2n) is 4.64. The van der Waals surface area contributed by atoms with Crippen LogP contribution in [0.4, 0.5) is 0 Å². The van der Waals surface area contributed by atoms with Gasteiger partial charge in [-0.3, -0.25) is 4.79 Å². The molecule has 1 amide bonds. The summed E-state index contributed by atoms with van der Waals surface area (Å²) in [5.74, 6) is 0.293. The van der Waals surface area contributed by atoms with Gasteiger partial charge in [-0.25, -0.2) is 5.43 Å². The maximum absolute atomic E-state index is 11.9. The van der Waals surface area contributed by atoms with Crippen LogP contribution in [0.5, 0.6) is 11.5 Å². The highest BCUT2D eigenvalue weighted by atomic mass is 35.5. The smallest absolute Gasteiger partial charge is 0.244 e. The van der Waals surface area contributed by atoms with E-state index in [9.17, 15) is 9.90 Å². The summed E-state index contributed by atoms with van der Waals surface area (Å²) in [6, 6.07) is 9.69. The molecule has 0 saturated heterocycles. The molecule has 2 rings (SSSR count). The van der Waals surface area contributed by atoms with Crippen LogP contribution in [0.25, 0.3) is 0 Å². The van der Waals surface area contributed by atoms with Crippen LogP contribution >= 0.6 is 23.2 Å². The summed E-state index contributed by atoms with van der Waals surface area (Å²) in [4.78, 5) is 11.9. The molecule has 2 N–H and O–H groups in total. The lowest BCUT2D eigenvalue weighted by Crippen LogP contribution is -2.20. The highest BCUT2D eigenvalue weighted by molar-refractivity contribution is 6.32. The molecule has 0 fully saturated rings. The van der Waals surface area contributed by atoms with Crippen molar-refractivity contribution in [1.29, 1.82) is 0 Å². The van der Waals surface area contributed by atoms with Gasteiger partial charge in [0.1, 0.15) is 11.5 Å². The molecule has 0 atom stereocenters. The van der Waals surface area contributed by atoms with E-state index in [1.54, 1.807) is 31.4 Å². The molecule has 0 bridgehead atoms. The Bertz CT molecular complexity index is 748. The van der Waals surface area contributed by atoms with E-state index in [0.29, 0.717) is 21.9 Å². The summed E-state index contributed by atoms with van der Waals surface area (Å²) in [6.07, 6.45) is 1.50. The third-order valence-electron chi connectivity index (χ3n) is 2.98. The number of methoxy groups -OCH3 is 1. The number of rotatable bonds is 5. The minimum absolute atomic E-state index is 0.0134. The normalized spacial score (nSPS) is 10.7. The van der Waals surface area contributed by atoms with Gasteiger partial charge in [0, 0.05) is 5.02 Å². The lowest BCUT2D eigenvalue weighted by molar-refractivity contribution is -0.120. The van der Waals surface area contributed by atoms with Crippen LogP contribution in [0.3, 0.4) is 0 Å². The highest BCUT2D eigenvalue weighted by Gasteiger charge is 2.08. The van der Waals surface area contributed by atoms with Gasteiger partial charge in [0.25, 0.3) is 0 Å². The predicted molar refractivity (Wildman–Crippen MR) is 90.6 cm³/mol. The number of amides is 1. The first-order valence-electron chi connectivity index (χ1n) is 6.62. The Morgan fingerprint density at radius 1 is 1.26 bits per heavy atom. The number of phenols is 1. The molecule has 2 aromatic rings. The van der Waals surface area contributed by atoms with Crippen molar-refractivity contribution in [3.63, 3.8) is 0 Å². The monoisotopic (exact) mass is 352 g/mol. The van der Waals surface area contributed by atoms with Crippen molar-refractivity contribution in [1.82, 2.24) is 5.43 Å². The number of hydrazone groups is 1. The van der Waals surface area contributed by atoms with Crippen LogP contribution in [-0.4, -0.2) is 24.3 Å². The van der Waals surface area contributed by atoms with Crippen LogP contribution in [0.1, 0.15) is 11.1 Å². The maximum Gasteiger partial charge on any atom is 0.244 e. The minimum Gasteiger partial charge on any atom is -0.506 e. The lowest BCUT2D eigenvalue weighted by Gasteiger charge is -2.06. The number of nitrogens with zero attached hydrogens (tertiary/aromatic N) is 1. The Kier molecular flexibility index (Phi) is 5.84. The number of benzene rings is 2. The molecule has 2 aromatic carbocycles. The lowest BCUT2D eigenvalue weighted by atomic mass is 10.1. The maximum atomic E-state index is 11.9. The summed E-state index contributed by atoms with van der Waals surface area (Å²) < 4.78 is 5.10. The minimum atomic E-state index is -0.318. The quantitative estimate of drug-likeness (QED) is 0.639. The Balaban J connectivity index is 1.97. The Morgan fingerprint density at radius 3 is 2.74 bits per heavy atom. The number of phenolic OH excluding ortho intramolecular Hbond substituents is 1. The largest absolute Gasteiger partial charge is 0.506 e. The van der Waals surface area contributed by atoms with E-state index in [1.165, 1.54) is 18.3 Å². The third-order valence-corrected chi connectivity index (χ3v) is 3.65. The molecule has 120 valence electrons. The Labute approximate surface area is 143 Å². The number of carbonyl (C=O) groups is 1. The van der Waals surface area contributed by atoms with Gasteiger partial charge in [-0.15, -0.1) is 0 Å². The molecule has 0 aliphatic heterocycles. The van der Waals surface area contributed by atoms with E-state index in [2.05, 4.69) is 10.5 Å². The van der Waals surface area contributed by atoms with E-state index < -0.39 is 0 Å². The molecule has 0 unspecified atom stereocenters. The third kappa shape index (κ3) is 4.87. The fourth-order valence-electron chi connectivity index (χ4n) is 1.81. The van der Waals surface area contributed by atoms with Gasteiger partial charge in [0.2, 0.25) is 5.91 Å². The number of aromatic hydroxyl groups is 1. The Morgan fingerprint density at radius 2 is 2.04 bits per heavy atom. The van der Waals surface area contributed by atoms with Crippen molar-refractivity contribution in [2.45, 2.75) is 6.42 Å². The molecule has 0 aliphatic rings. The van der Waals surface area contributed by atoms with Gasteiger partial charge < -0.3 is 9.84 Å². The number of nitrogens with one attached hydrogen (secondary N) is 1. The number of carbonyl (C=O) groups excluding carboxylic acids is 1. The van der Waals surface area contributed by atoms with Crippen LogP contribution < -0.4 is 10.2 Å². The SMILES string of the molecule is COc1ccc(Cl)c(CC(=O)N/N=C/c2ccc(O)c(Cl)c2)c1. The Hall–Kier alpha value is -2.24. The average molecular weight is 353 g/mol. The molecule has 0 radical (unpaired) electrons. The number of hydrogen-bond acceptors (Lipinski definition) is 4. The first kappa shape index (κ1) is 17.1. The van der Waals surface area contributed by atoms with Crippen LogP contribution in [-0.2, 0) is 11.2 Å². The predicted octanol–water partition coefficient (Wildman–Crippen LogP) is 3.40.